The molecule has 0 unspecified atom stereocenters. The molecule has 2 rings (SSSR count). The number of carbonyl (C=O) groups is 1. The number of para-hydroxylation sites is 1. The molecule has 0 radical (unpaired) electrons. The minimum atomic E-state index is -0.296. The van der Waals surface area contributed by atoms with Gasteiger partial charge in [0, 0.05) is 6.42 Å². The van der Waals surface area contributed by atoms with Gasteiger partial charge in [-0.2, -0.15) is 5.26 Å². The number of hydrogen-bond acceptors (Lipinski definition) is 3. The second-order valence-corrected chi connectivity index (χ2v) is 3.23. The first-order chi connectivity index (χ1) is 6.83. The largest absolute Gasteiger partial charge is 0.492 e. The number of ether oxygens (including phenoxy) is 1. The zero-order valence-electron chi connectivity index (χ0n) is 7.56. The number of rotatable bonds is 1. The van der Waals surface area contributed by atoms with E-state index < -0.39 is 0 Å². The fraction of sp³-hybridized carbons (Fsp3) is 0.273. The van der Waals surface area contributed by atoms with Crippen LogP contribution in [0.4, 0.5) is 0 Å². The number of carbonyl (C=O) groups excluding carboxylic acids is 1. The first kappa shape index (κ1) is 8.76. The molecule has 1 aromatic carbocycles. The summed E-state index contributed by atoms with van der Waals surface area (Å²) >= 11 is 0. The molecule has 70 valence electrons. The van der Waals surface area contributed by atoms with Crippen molar-refractivity contribution in [2.75, 3.05) is 6.61 Å². The summed E-state index contributed by atoms with van der Waals surface area (Å²) in [5.74, 6) is 0.356. The van der Waals surface area contributed by atoms with Crippen molar-refractivity contribution in [2.24, 2.45) is 5.92 Å². The van der Waals surface area contributed by atoms with Crippen LogP contribution in [0.2, 0.25) is 0 Å². The Hall–Kier alpha value is -1.82. The highest BCUT2D eigenvalue weighted by Crippen LogP contribution is 2.27. The lowest BCUT2D eigenvalue weighted by atomic mass is 9.93. The number of Topliss-reactive ketones (excluding diaryl/α,β-unsaturated/α-hetero) is 1. The van der Waals surface area contributed by atoms with Gasteiger partial charge >= 0.3 is 0 Å². The molecule has 1 aromatic rings. The molecule has 0 fully saturated rings. The summed E-state index contributed by atoms with van der Waals surface area (Å²) in [5, 5.41) is 8.53. The van der Waals surface area contributed by atoms with E-state index in [1.807, 2.05) is 12.1 Å². The van der Waals surface area contributed by atoms with E-state index in [4.69, 9.17) is 10.00 Å². The van der Waals surface area contributed by atoms with Crippen molar-refractivity contribution in [1.82, 2.24) is 0 Å². The number of ketones is 1. The van der Waals surface area contributed by atoms with Gasteiger partial charge in [-0.1, -0.05) is 12.1 Å². The molecular formula is C11H9NO2. The Balaban J connectivity index is 2.33. The highest BCUT2D eigenvalue weighted by atomic mass is 16.5. The van der Waals surface area contributed by atoms with E-state index >= 15 is 0 Å². The van der Waals surface area contributed by atoms with Gasteiger partial charge in [0.1, 0.15) is 5.75 Å². The lowest BCUT2D eigenvalue weighted by Gasteiger charge is -2.21. The zero-order chi connectivity index (χ0) is 9.97. The normalized spacial score (nSPS) is 19.4. The van der Waals surface area contributed by atoms with Crippen molar-refractivity contribution >= 4 is 5.78 Å². The Morgan fingerprint density at radius 3 is 3.07 bits per heavy atom. The van der Waals surface area contributed by atoms with Crippen LogP contribution < -0.4 is 4.74 Å². The van der Waals surface area contributed by atoms with Gasteiger partial charge < -0.3 is 4.74 Å². The van der Waals surface area contributed by atoms with Crippen molar-refractivity contribution < 1.29 is 9.53 Å². The fourth-order valence-corrected chi connectivity index (χ4v) is 1.54. The molecule has 1 aliphatic heterocycles. The molecule has 0 bridgehead atoms. The van der Waals surface area contributed by atoms with Crippen molar-refractivity contribution in [2.45, 2.75) is 6.42 Å². The molecule has 1 atom stereocenters. The van der Waals surface area contributed by atoms with E-state index in [-0.39, 0.29) is 18.1 Å². The third kappa shape index (κ3) is 1.35. The van der Waals surface area contributed by atoms with Gasteiger partial charge in [0.05, 0.1) is 24.2 Å². The van der Waals surface area contributed by atoms with Crippen LogP contribution in [0.1, 0.15) is 16.8 Å². The van der Waals surface area contributed by atoms with Crippen LogP contribution in [0.3, 0.4) is 0 Å². The predicted molar refractivity (Wildman–Crippen MR) is 50.0 cm³/mol. The SMILES string of the molecule is N#CC[C@H]1COc2ccccc2C1=O. The molecule has 0 amide bonds. The monoisotopic (exact) mass is 187 g/mol. The lowest BCUT2D eigenvalue weighted by Crippen LogP contribution is -2.27. The zero-order valence-corrected chi connectivity index (χ0v) is 7.56. The number of hydrogen-bond donors (Lipinski definition) is 0. The molecule has 3 heteroatoms. The van der Waals surface area contributed by atoms with Crippen LogP contribution in [0.5, 0.6) is 5.75 Å². The van der Waals surface area contributed by atoms with Crippen LogP contribution in [-0.2, 0) is 0 Å². The molecule has 0 saturated carbocycles. The van der Waals surface area contributed by atoms with Gasteiger partial charge in [-0.25, -0.2) is 0 Å². The summed E-state index contributed by atoms with van der Waals surface area (Å²) in [6, 6.07) is 9.14. The van der Waals surface area contributed by atoms with E-state index in [0.29, 0.717) is 17.9 Å². The minimum absolute atomic E-state index is 0.0217. The number of benzene rings is 1. The molecule has 0 saturated heterocycles. The van der Waals surface area contributed by atoms with Crippen LogP contribution in [0.25, 0.3) is 0 Å². The second-order valence-electron chi connectivity index (χ2n) is 3.23. The Morgan fingerprint density at radius 2 is 2.29 bits per heavy atom. The Morgan fingerprint density at radius 1 is 1.50 bits per heavy atom. The van der Waals surface area contributed by atoms with E-state index in [9.17, 15) is 4.79 Å². The topological polar surface area (TPSA) is 50.1 Å². The number of nitrogens with zero attached hydrogens (tertiary/aromatic N) is 1. The van der Waals surface area contributed by atoms with Crippen LogP contribution >= 0.6 is 0 Å². The molecule has 0 N–H and O–H groups in total. The summed E-state index contributed by atoms with van der Waals surface area (Å²) in [7, 11) is 0. The summed E-state index contributed by atoms with van der Waals surface area (Å²) in [6.45, 7) is 0.323. The van der Waals surface area contributed by atoms with Crippen LogP contribution in [0, 0.1) is 17.2 Å². The van der Waals surface area contributed by atoms with Crippen LogP contribution in [0.15, 0.2) is 24.3 Å². The molecule has 3 nitrogen and oxygen atoms in total. The Kier molecular flexibility index (Phi) is 2.19. The second kappa shape index (κ2) is 3.51. The molecule has 0 spiro atoms. The lowest BCUT2D eigenvalue weighted by molar-refractivity contribution is 0.0835. The van der Waals surface area contributed by atoms with Gasteiger partial charge in [-0.05, 0) is 12.1 Å². The van der Waals surface area contributed by atoms with E-state index in [1.165, 1.54) is 0 Å². The summed E-state index contributed by atoms with van der Waals surface area (Å²) in [4.78, 5) is 11.8. The predicted octanol–water partition coefficient (Wildman–Crippen LogP) is 1.79. The van der Waals surface area contributed by atoms with Crippen molar-refractivity contribution in [3.05, 3.63) is 29.8 Å². The number of fused-ring (bicyclic) bond motifs is 1. The van der Waals surface area contributed by atoms with Gasteiger partial charge in [0.25, 0.3) is 0 Å². The summed E-state index contributed by atoms with van der Waals surface area (Å²) < 4.78 is 5.39. The fourth-order valence-electron chi connectivity index (χ4n) is 1.54. The third-order valence-electron chi connectivity index (χ3n) is 2.30. The molecule has 1 heterocycles. The average molecular weight is 187 g/mol. The van der Waals surface area contributed by atoms with Gasteiger partial charge in [0.15, 0.2) is 5.78 Å². The maximum Gasteiger partial charge on any atom is 0.174 e. The first-order valence-corrected chi connectivity index (χ1v) is 4.46. The minimum Gasteiger partial charge on any atom is -0.492 e. The standard InChI is InChI=1S/C11H9NO2/c12-6-5-8-7-14-10-4-2-1-3-9(10)11(8)13/h1-4,8H,5,7H2/t8-/m0/s1. The van der Waals surface area contributed by atoms with Crippen molar-refractivity contribution in [1.29, 1.82) is 5.26 Å². The maximum absolute atomic E-state index is 11.8. The highest BCUT2D eigenvalue weighted by Gasteiger charge is 2.27. The average Bonchev–Trinajstić information content (AvgIpc) is 2.23. The van der Waals surface area contributed by atoms with Crippen molar-refractivity contribution in [3.8, 4) is 11.8 Å². The van der Waals surface area contributed by atoms with Gasteiger partial charge in [-0.3, -0.25) is 4.79 Å². The van der Waals surface area contributed by atoms with Gasteiger partial charge in [0.2, 0.25) is 0 Å². The summed E-state index contributed by atoms with van der Waals surface area (Å²) in [5.41, 5.74) is 0.596. The Bertz CT molecular complexity index is 406. The van der Waals surface area contributed by atoms with E-state index in [1.54, 1.807) is 18.2 Å². The van der Waals surface area contributed by atoms with Crippen molar-refractivity contribution in [3.63, 3.8) is 0 Å². The van der Waals surface area contributed by atoms with Gasteiger partial charge in [-0.15, -0.1) is 0 Å². The summed E-state index contributed by atoms with van der Waals surface area (Å²) in [6.07, 6.45) is 0.229. The molecule has 0 aromatic heterocycles. The van der Waals surface area contributed by atoms with E-state index in [0.717, 1.165) is 0 Å². The maximum atomic E-state index is 11.8. The molecule has 1 aliphatic rings. The molecular weight excluding hydrogens is 178 g/mol. The number of nitriles is 1. The van der Waals surface area contributed by atoms with Crippen LogP contribution in [-0.4, -0.2) is 12.4 Å². The Labute approximate surface area is 81.9 Å². The molecule has 0 aliphatic carbocycles. The van der Waals surface area contributed by atoms with E-state index in [2.05, 4.69) is 0 Å². The third-order valence-corrected chi connectivity index (χ3v) is 2.30. The quantitative estimate of drug-likeness (QED) is 0.673. The smallest absolute Gasteiger partial charge is 0.174 e. The molecule has 14 heavy (non-hydrogen) atoms. The first-order valence-electron chi connectivity index (χ1n) is 4.46. The highest BCUT2D eigenvalue weighted by molar-refractivity contribution is 6.01.